The Kier molecular flexibility index (Phi) is 3.59. The fraction of sp³-hybridized carbons (Fsp3) is 0.909. The molecule has 4 heteroatoms. The van der Waals surface area contributed by atoms with E-state index in [-0.39, 0.29) is 11.9 Å². The molecule has 2 heterocycles. The summed E-state index contributed by atoms with van der Waals surface area (Å²) < 4.78 is 0. The summed E-state index contributed by atoms with van der Waals surface area (Å²) in [4.78, 5) is 14.1. The first-order chi connectivity index (χ1) is 7.33. The van der Waals surface area contributed by atoms with Crippen molar-refractivity contribution in [2.75, 3.05) is 26.7 Å². The lowest BCUT2D eigenvalue weighted by molar-refractivity contribution is -0.125. The van der Waals surface area contributed by atoms with Crippen molar-refractivity contribution in [2.45, 2.75) is 37.8 Å². The molecule has 0 aromatic rings. The first-order valence-corrected chi connectivity index (χ1v) is 6.01. The summed E-state index contributed by atoms with van der Waals surface area (Å²) in [6, 6.07) is 0.758. The third kappa shape index (κ3) is 2.32. The van der Waals surface area contributed by atoms with Gasteiger partial charge < -0.3 is 10.6 Å². The van der Waals surface area contributed by atoms with Crippen molar-refractivity contribution in [3.63, 3.8) is 0 Å². The number of nitrogens with one attached hydrogen (secondary N) is 2. The molecule has 15 heavy (non-hydrogen) atoms. The van der Waals surface area contributed by atoms with Gasteiger partial charge in [-0.15, -0.1) is 0 Å². The molecule has 1 amide bonds. The van der Waals surface area contributed by atoms with E-state index in [1.54, 1.807) is 7.05 Å². The van der Waals surface area contributed by atoms with E-state index in [2.05, 4.69) is 15.5 Å². The average molecular weight is 211 g/mol. The molecule has 86 valence electrons. The molecule has 0 radical (unpaired) electrons. The molecular weight excluding hydrogens is 190 g/mol. The predicted molar refractivity (Wildman–Crippen MR) is 59.7 cm³/mol. The van der Waals surface area contributed by atoms with Crippen molar-refractivity contribution in [2.24, 2.45) is 0 Å². The fourth-order valence-electron chi connectivity index (χ4n) is 2.81. The zero-order chi connectivity index (χ0) is 10.7. The number of likely N-dealkylation sites (N-methyl/N-ethyl adjacent to an activating group) is 1. The molecule has 2 fully saturated rings. The molecule has 1 atom stereocenters. The minimum absolute atomic E-state index is 0.137. The molecule has 2 aliphatic heterocycles. The zero-order valence-electron chi connectivity index (χ0n) is 9.46. The number of hydrogen-bond donors (Lipinski definition) is 2. The van der Waals surface area contributed by atoms with Gasteiger partial charge in [0.2, 0.25) is 5.91 Å². The van der Waals surface area contributed by atoms with E-state index in [9.17, 15) is 4.79 Å². The molecule has 2 rings (SSSR count). The first-order valence-electron chi connectivity index (χ1n) is 6.01. The van der Waals surface area contributed by atoms with Crippen LogP contribution in [0.1, 0.15) is 25.7 Å². The second-order valence-electron chi connectivity index (χ2n) is 4.49. The second kappa shape index (κ2) is 4.94. The lowest BCUT2D eigenvalue weighted by atomic mass is 10.0. The lowest BCUT2D eigenvalue weighted by Crippen LogP contribution is -2.50. The summed E-state index contributed by atoms with van der Waals surface area (Å²) in [5.74, 6) is 0.200. The fourth-order valence-corrected chi connectivity index (χ4v) is 2.81. The second-order valence-corrected chi connectivity index (χ2v) is 4.49. The van der Waals surface area contributed by atoms with E-state index in [0.29, 0.717) is 6.04 Å². The number of amides is 1. The zero-order valence-corrected chi connectivity index (χ0v) is 9.46. The van der Waals surface area contributed by atoms with Gasteiger partial charge in [-0.05, 0) is 45.3 Å². The Labute approximate surface area is 91.4 Å². The minimum atomic E-state index is 0.137. The molecular formula is C11H21N3O. The van der Waals surface area contributed by atoms with Gasteiger partial charge in [-0.3, -0.25) is 9.69 Å². The van der Waals surface area contributed by atoms with Gasteiger partial charge in [0.1, 0.15) is 0 Å². The first kappa shape index (κ1) is 10.9. The van der Waals surface area contributed by atoms with Gasteiger partial charge >= 0.3 is 0 Å². The molecule has 0 aromatic heterocycles. The average Bonchev–Trinajstić information content (AvgIpc) is 2.78. The number of likely N-dealkylation sites (tertiary alicyclic amines) is 1. The topological polar surface area (TPSA) is 44.4 Å². The number of rotatable bonds is 2. The van der Waals surface area contributed by atoms with Crippen LogP contribution in [0.2, 0.25) is 0 Å². The third-order valence-corrected chi connectivity index (χ3v) is 3.62. The van der Waals surface area contributed by atoms with Crippen LogP contribution in [-0.2, 0) is 4.79 Å². The molecule has 0 aliphatic carbocycles. The Morgan fingerprint density at radius 2 is 2.07 bits per heavy atom. The van der Waals surface area contributed by atoms with Crippen molar-refractivity contribution in [1.82, 2.24) is 15.5 Å². The van der Waals surface area contributed by atoms with Crippen molar-refractivity contribution < 1.29 is 4.79 Å². The van der Waals surface area contributed by atoms with Gasteiger partial charge in [0.25, 0.3) is 0 Å². The van der Waals surface area contributed by atoms with Crippen molar-refractivity contribution >= 4 is 5.91 Å². The monoisotopic (exact) mass is 211 g/mol. The highest BCUT2D eigenvalue weighted by Crippen LogP contribution is 2.24. The van der Waals surface area contributed by atoms with E-state index >= 15 is 0 Å². The van der Waals surface area contributed by atoms with Gasteiger partial charge in [-0.1, -0.05) is 0 Å². The Morgan fingerprint density at radius 1 is 1.33 bits per heavy atom. The molecule has 2 saturated heterocycles. The smallest absolute Gasteiger partial charge is 0.237 e. The standard InChI is InChI=1S/C11H21N3O/c1-12-11(15)10-3-2-8-14(10)9-4-6-13-7-5-9/h9-10,13H,2-8H2,1H3,(H,12,15). The lowest BCUT2D eigenvalue weighted by Gasteiger charge is -2.34. The molecule has 4 nitrogen and oxygen atoms in total. The molecule has 2 aliphatic rings. The number of piperidine rings is 1. The van der Waals surface area contributed by atoms with Gasteiger partial charge in [-0.25, -0.2) is 0 Å². The van der Waals surface area contributed by atoms with Crippen molar-refractivity contribution in [3.05, 3.63) is 0 Å². The summed E-state index contributed by atoms with van der Waals surface area (Å²) in [6.45, 7) is 3.30. The molecule has 1 unspecified atom stereocenters. The highest BCUT2D eigenvalue weighted by molar-refractivity contribution is 5.81. The summed E-state index contributed by atoms with van der Waals surface area (Å²) in [6.07, 6.45) is 4.58. The summed E-state index contributed by atoms with van der Waals surface area (Å²) in [7, 11) is 1.74. The Balaban J connectivity index is 1.97. The van der Waals surface area contributed by atoms with Crippen LogP contribution in [0.4, 0.5) is 0 Å². The molecule has 2 N–H and O–H groups in total. The summed E-state index contributed by atoms with van der Waals surface area (Å²) in [5.41, 5.74) is 0. The summed E-state index contributed by atoms with van der Waals surface area (Å²) in [5, 5.41) is 6.15. The number of carbonyl (C=O) groups excluding carboxylic acids is 1. The van der Waals surface area contributed by atoms with E-state index in [1.807, 2.05) is 0 Å². The van der Waals surface area contributed by atoms with E-state index in [1.165, 1.54) is 19.3 Å². The third-order valence-electron chi connectivity index (χ3n) is 3.62. The van der Waals surface area contributed by atoms with Crippen LogP contribution in [0.25, 0.3) is 0 Å². The van der Waals surface area contributed by atoms with Crippen molar-refractivity contribution in [3.8, 4) is 0 Å². The van der Waals surface area contributed by atoms with Crippen LogP contribution >= 0.6 is 0 Å². The van der Waals surface area contributed by atoms with E-state index < -0.39 is 0 Å². The number of nitrogens with zero attached hydrogens (tertiary/aromatic N) is 1. The number of carbonyl (C=O) groups is 1. The highest BCUT2D eigenvalue weighted by Gasteiger charge is 2.34. The molecule has 0 aromatic carbocycles. The number of hydrogen-bond acceptors (Lipinski definition) is 3. The largest absolute Gasteiger partial charge is 0.358 e. The molecule has 0 bridgehead atoms. The quantitative estimate of drug-likeness (QED) is 0.673. The maximum Gasteiger partial charge on any atom is 0.237 e. The Bertz CT molecular complexity index is 226. The SMILES string of the molecule is CNC(=O)C1CCCN1C1CCNCC1. The minimum Gasteiger partial charge on any atom is -0.358 e. The molecule has 0 saturated carbocycles. The normalized spacial score (nSPS) is 29.3. The Morgan fingerprint density at radius 3 is 2.73 bits per heavy atom. The van der Waals surface area contributed by atoms with Gasteiger partial charge in [0, 0.05) is 13.1 Å². The van der Waals surface area contributed by atoms with Crippen LogP contribution in [0.3, 0.4) is 0 Å². The van der Waals surface area contributed by atoms with Gasteiger partial charge in [0.05, 0.1) is 6.04 Å². The molecule has 0 spiro atoms. The van der Waals surface area contributed by atoms with Gasteiger partial charge in [-0.2, -0.15) is 0 Å². The maximum absolute atomic E-state index is 11.7. The maximum atomic E-state index is 11.7. The van der Waals surface area contributed by atoms with E-state index in [0.717, 1.165) is 26.1 Å². The van der Waals surface area contributed by atoms with Crippen LogP contribution in [0.5, 0.6) is 0 Å². The summed E-state index contributed by atoms with van der Waals surface area (Å²) >= 11 is 0. The van der Waals surface area contributed by atoms with Crippen LogP contribution < -0.4 is 10.6 Å². The van der Waals surface area contributed by atoms with E-state index in [4.69, 9.17) is 0 Å². The highest BCUT2D eigenvalue weighted by atomic mass is 16.2. The van der Waals surface area contributed by atoms with Crippen LogP contribution in [0, 0.1) is 0 Å². The van der Waals surface area contributed by atoms with Crippen molar-refractivity contribution in [1.29, 1.82) is 0 Å². The Hall–Kier alpha value is -0.610. The van der Waals surface area contributed by atoms with Crippen LogP contribution in [-0.4, -0.2) is 49.6 Å². The van der Waals surface area contributed by atoms with Crippen LogP contribution in [0.15, 0.2) is 0 Å². The predicted octanol–water partition coefficient (Wildman–Crippen LogP) is -0.0512. The van der Waals surface area contributed by atoms with Gasteiger partial charge in [0.15, 0.2) is 0 Å².